The zero-order valence-electron chi connectivity index (χ0n) is 10.4. The third kappa shape index (κ3) is 5.44. The molecule has 0 saturated carbocycles. The van der Waals surface area contributed by atoms with Crippen LogP contribution in [0.2, 0.25) is 0 Å². The van der Waals surface area contributed by atoms with Gasteiger partial charge in [0.05, 0.1) is 6.04 Å². The minimum absolute atomic E-state index is 0.0531. The highest BCUT2D eigenvalue weighted by molar-refractivity contribution is 5.82. The van der Waals surface area contributed by atoms with Gasteiger partial charge < -0.3 is 20.9 Å². The van der Waals surface area contributed by atoms with Crippen molar-refractivity contribution in [2.75, 3.05) is 46.8 Å². The van der Waals surface area contributed by atoms with Crippen molar-refractivity contribution in [3.63, 3.8) is 0 Å². The van der Waals surface area contributed by atoms with Crippen molar-refractivity contribution < 1.29 is 4.79 Å². The second-order valence-corrected chi connectivity index (χ2v) is 4.51. The zero-order chi connectivity index (χ0) is 11.8. The Labute approximate surface area is 98.0 Å². The molecular formula is C11H24N4O. The minimum atomic E-state index is -0.0531. The van der Waals surface area contributed by atoms with Crippen molar-refractivity contribution in [1.29, 1.82) is 0 Å². The molecule has 1 aliphatic heterocycles. The predicted octanol–water partition coefficient (Wildman–Crippen LogP) is -0.994. The average molecular weight is 228 g/mol. The summed E-state index contributed by atoms with van der Waals surface area (Å²) >= 11 is 0. The Kier molecular flexibility index (Phi) is 6.37. The molecule has 0 radical (unpaired) electrons. The van der Waals surface area contributed by atoms with Gasteiger partial charge >= 0.3 is 0 Å². The molecule has 1 aliphatic rings. The van der Waals surface area contributed by atoms with Gasteiger partial charge in [0.25, 0.3) is 0 Å². The van der Waals surface area contributed by atoms with Gasteiger partial charge in [-0.1, -0.05) is 0 Å². The largest absolute Gasteiger partial charge is 0.355 e. The first-order chi connectivity index (χ1) is 7.70. The summed E-state index contributed by atoms with van der Waals surface area (Å²) in [5.74, 6) is 0.122. The summed E-state index contributed by atoms with van der Waals surface area (Å²) in [6.07, 6.45) is 2.17. The summed E-state index contributed by atoms with van der Waals surface area (Å²) in [7, 11) is 4.13. The Morgan fingerprint density at radius 1 is 1.38 bits per heavy atom. The van der Waals surface area contributed by atoms with Gasteiger partial charge in [0, 0.05) is 26.2 Å². The van der Waals surface area contributed by atoms with Crippen LogP contribution in [0.15, 0.2) is 0 Å². The molecule has 1 unspecified atom stereocenters. The van der Waals surface area contributed by atoms with E-state index in [-0.39, 0.29) is 11.9 Å². The van der Waals surface area contributed by atoms with Crippen molar-refractivity contribution in [3.8, 4) is 0 Å². The Hall–Kier alpha value is -0.650. The molecular weight excluding hydrogens is 204 g/mol. The number of amides is 1. The van der Waals surface area contributed by atoms with Gasteiger partial charge in [0.2, 0.25) is 5.91 Å². The normalized spacial score (nSPS) is 21.1. The van der Waals surface area contributed by atoms with Crippen LogP contribution in [0.1, 0.15) is 12.8 Å². The lowest BCUT2D eigenvalue weighted by molar-refractivity contribution is -0.123. The number of unbranched alkanes of at least 4 members (excludes halogenated alkanes) is 1. The molecule has 1 amide bonds. The number of carbonyl (C=O) groups is 1. The van der Waals surface area contributed by atoms with Gasteiger partial charge in [0.1, 0.15) is 0 Å². The first-order valence-electron chi connectivity index (χ1n) is 6.06. The van der Waals surface area contributed by atoms with Crippen LogP contribution in [0.5, 0.6) is 0 Å². The summed E-state index contributed by atoms with van der Waals surface area (Å²) in [6.45, 7) is 4.43. The van der Waals surface area contributed by atoms with Crippen molar-refractivity contribution in [1.82, 2.24) is 20.9 Å². The monoisotopic (exact) mass is 228 g/mol. The quantitative estimate of drug-likeness (QED) is 0.511. The van der Waals surface area contributed by atoms with Gasteiger partial charge in [0.15, 0.2) is 0 Å². The summed E-state index contributed by atoms with van der Waals surface area (Å²) in [6, 6.07) is -0.0531. The fourth-order valence-electron chi connectivity index (χ4n) is 1.73. The number of nitrogens with zero attached hydrogens (tertiary/aromatic N) is 1. The van der Waals surface area contributed by atoms with Crippen LogP contribution in [0, 0.1) is 0 Å². The third-order valence-corrected chi connectivity index (χ3v) is 2.69. The number of hydrogen-bond acceptors (Lipinski definition) is 4. The molecule has 1 saturated heterocycles. The standard InChI is InChI=1S/C11H24N4O/c1-15(2)8-4-3-5-14-11(16)10-9-12-6-7-13-10/h10,12-13H,3-9H2,1-2H3,(H,14,16). The summed E-state index contributed by atoms with van der Waals surface area (Å²) in [5, 5.41) is 9.36. The van der Waals surface area contributed by atoms with Crippen molar-refractivity contribution in [2.24, 2.45) is 0 Å². The molecule has 16 heavy (non-hydrogen) atoms. The summed E-state index contributed by atoms with van der Waals surface area (Å²) in [5.41, 5.74) is 0. The maximum atomic E-state index is 11.7. The molecule has 1 heterocycles. The van der Waals surface area contributed by atoms with Crippen LogP contribution in [0.3, 0.4) is 0 Å². The predicted molar refractivity (Wildman–Crippen MR) is 65.5 cm³/mol. The highest BCUT2D eigenvalue weighted by Gasteiger charge is 2.19. The molecule has 0 spiro atoms. The van der Waals surface area contributed by atoms with E-state index in [1.807, 2.05) is 0 Å². The molecule has 0 aromatic rings. The summed E-state index contributed by atoms with van der Waals surface area (Å²) < 4.78 is 0. The van der Waals surface area contributed by atoms with Crippen molar-refractivity contribution >= 4 is 5.91 Å². The molecule has 5 heteroatoms. The molecule has 0 bridgehead atoms. The Morgan fingerprint density at radius 3 is 2.81 bits per heavy atom. The van der Waals surface area contributed by atoms with Gasteiger partial charge in [-0.15, -0.1) is 0 Å². The van der Waals surface area contributed by atoms with Crippen LogP contribution in [0.25, 0.3) is 0 Å². The number of hydrogen-bond donors (Lipinski definition) is 3. The van der Waals surface area contributed by atoms with Gasteiger partial charge in [-0.05, 0) is 33.5 Å². The smallest absolute Gasteiger partial charge is 0.238 e. The van der Waals surface area contributed by atoms with Crippen molar-refractivity contribution in [2.45, 2.75) is 18.9 Å². The SMILES string of the molecule is CN(C)CCCCNC(=O)C1CNCCN1. The summed E-state index contributed by atoms with van der Waals surface area (Å²) in [4.78, 5) is 13.8. The van der Waals surface area contributed by atoms with E-state index in [2.05, 4.69) is 34.9 Å². The minimum Gasteiger partial charge on any atom is -0.355 e. The number of carbonyl (C=O) groups excluding carboxylic acids is 1. The van der Waals surface area contributed by atoms with Crippen molar-refractivity contribution in [3.05, 3.63) is 0 Å². The highest BCUT2D eigenvalue weighted by Crippen LogP contribution is 1.91. The number of piperazine rings is 1. The van der Waals surface area contributed by atoms with E-state index in [1.165, 1.54) is 0 Å². The Bertz CT molecular complexity index is 202. The van der Waals surface area contributed by atoms with E-state index in [0.717, 1.165) is 45.6 Å². The lowest BCUT2D eigenvalue weighted by Gasteiger charge is -2.23. The second-order valence-electron chi connectivity index (χ2n) is 4.51. The van der Waals surface area contributed by atoms with Crippen LogP contribution < -0.4 is 16.0 Å². The molecule has 3 N–H and O–H groups in total. The molecule has 1 rings (SSSR count). The van der Waals surface area contributed by atoms with E-state index in [0.29, 0.717) is 0 Å². The van der Waals surface area contributed by atoms with Gasteiger partial charge in [-0.3, -0.25) is 4.79 Å². The van der Waals surface area contributed by atoms with Crippen LogP contribution >= 0.6 is 0 Å². The maximum Gasteiger partial charge on any atom is 0.238 e. The molecule has 1 atom stereocenters. The van der Waals surface area contributed by atoms with E-state index in [9.17, 15) is 4.79 Å². The van der Waals surface area contributed by atoms with Crippen LogP contribution in [-0.4, -0.2) is 63.7 Å². The lowest BCUT2D eigenvalue weighted by atomic mass is 10.2. The Morgan fingerprint density at radius 2 is 2.19 bits per heavy atom. The Balaban J connectivity index is 2.01. The van der Waals surface area contributed by atoms with Crippen LogP contribution in [-0.2, 0) is 4.79 Å². The first-order valence-corrected chi connectivity index (χ1v) is 6.06. The number of nitrogens with one attached hydrogen (secondary N) is 3. The molecule has 0 aromatic carbocycles. The van der Waals surface area contributed by atoms with Gasteiger partial charge in [-0.2, -0.15) is 0 Å². The number of rotatable bonds is 6. The van der Waals surface area contributed by atoms with E-state index in [4.69, 9.17) is 0 Å². The highest BCUT2D eigenvalue weighted by atomic mass is 16.2. The third-order valence-electron chi connectivity index (χ3n) is 2.69. The topological polar surface area (TPSA) is 56.4 Å². The maximum absolute atomic E-state index is 11.7. The van der Waals surface area contributed by atoms with Gasteiger partial charge in [-0.25, -0.2) is 0 Å². The molecule has 5 nitrogen and oxygen atoms in total. The lowest BCUT2D eigenvalue weighted by Crippen LogP contribution is -2.55. The average Bonchev–Trinajstić information content (AvgIpc) is 2.29. The van der Waals surface area contributed by atoms with E-state index >= 15 is 0 Å². The molecule has 1 fully saturated rings. The zero-order valence-corrected chi connectivity index (χ0v) is 10.4. The molecule has 0 aliphatic carbocycles. The second kappa shape index (κ2) is 7.60. The van der Waals surface area contributed by atoms with E-state index < -0.39 is 0 Å². The first kappa shape index (κ1) is 13.4. The fraction of sp³-hybridized carbons (Fsp3) is 0.909. The molecule has 94 valence electrons. The van der Waals surface area contributed by atoms with Crippen LogP contribution in [0.4, 0.5) is 0 Å². The molecule has 0 aromatic heterocycles. The fourth-order valence-corrected chi connectivity index (χ4v) is 1.73. The van der Waals surface area contributed by atoms with E-state index in [1.54, 1.807) is 0 Å².